The third kappa shape index (κ3) is 3.29. The zero-order valence-electron chi connectivity index (χ0n) is 7.98. The van der Waals surface area contributed by atoms with Crippen molar-refractivity contribution >= 4 is 29.2 Å². The molecule has 0 saturated carbocycles. The number of carboxylic acid groups (broad SMARTS) is 2. The maximum absolute atomic E-state index is 10.5. The molecule has 0 aromatic heterocycles. The van der Waals surface area contributed by atoms with Crippen LogP contribution in [0.25, 0.3) is 0 Å². The van der Waals surface area contributed by atoms with Gasteiger partial charge in [-0.2, -0.15) is 0 Å². The largest absolute Gasteiger partial charge is 0.477 e. The van der Waals surface area contributed by atoms with Crippen LogP contribution in [0, 0.1) is 0 Å². The molecule has 1 aromatic rings. The lowest BCUT2D eigenvalue weighted by molar-refractivity contribution is -0.140. The monoisotopic (exact) mass is 241 g/mol. The average Bonchev–Trinajstić information content (AvgIpc) is 2.20. The van der Waals surface area contributed by atoms with Crippen molar-refractivity contribution in [2.75, 3.05) is 5.32 Å². The number of carbonyl (C=O) groups is 2. The predicted molar refractivity (Wildman–Crippen MR) is 58.4 cm³/mol. The lowest BCUT2D eigenvalue weighted by Crippen LogP contribution is -2.12. The van der Waals surface area contributed by atoms with E-state index in [2.05, 4.69) is 5.32 Å². The molecular formula is C10H8ClNO4. The molecule has 0 spiro atoms. The van der Waals surface area contributed by atoms with Gasteiger partial charge in [-0.15, -0.1) is 0 Å². The molecule has 0 radical (unpaired) electrons. The quantitative estimate of drug-likeness (QED) is 0.425. The number of rotatable bonds is 4. The molecule has 0 saturated heterocycles. The van der Waals surface area contributed by atoms with E-state index in [1.807, 2.05) is 0 Å². The Bertz CT molecular complexity index is 423. The Kier molecular flexibility index (Phi) is 3.90. The van der Waals surface area contributed by atoms with E-state index in [-0.39, 0.29) is 0 Å². The first-order valence-electron chi connectivity index (χ1n) is 4.19. The number of anilines is 1. The zero-order chi connectivity index (χ0) is 12.1. The predicted octanol–water partition coefficient (Wildman–Crippen LogP) is 1.80. The topological polar surface area (TPSA) is 86.6 Å². The van der Waals surface area contributed by atoms with Crippen LogP contribution in [0.15, 0.2) is 36.0 Å². The number of hydrogen-bond acceptors (Lipinski definition) is 3. The highest BCUT2D eigenvalue weighted by molar-refractivity contribution is 6.30. The minimum atomic E-state index is -1.51. The van der Waals surface area contributed by atoms with E-state index >= 15 is 0 Å². The van der Waals surface area contributed by atoms with Crippen molar-refractivity contribution in [3.63, 3.8) is 0 Å². The summed E-state index contributed by atoms with van der Waals surface area (Å²) in [5.74, 6) is -3.01. The van der Waals surface area contributed by atoms with Crippen LogP contribution in [-0.4, -0.2) is 22.2 Å². The van der Waals surface area contributed by atoms with Crippen molar-refractivity contribution in [3.05, 3.63) is 41.1 Å². The van der Waals surface area contributed by atoms with Crippen LogP contribution in [0.5, 0.6) is 0 Å². The Hall–Kier alpha value is -2.01. The van der Waals surface area contributed by atoms with Gasteiger partial charge in [0.25, 0.3) is 0 Å². The summed E-state index contributed by atoms with van der Waals surface area (Å²) in [5, 5.41) is 20.2. The fraction of sp³-hybridized carbons (Fsp3) is 0. The molecule has 16 heavy (non-hydrogen) atoms. The van der Waals surface area contributed by atoms with Gasteiger partial charge in [0, 0.05) is 16.9 Å². The highest BCUT2D eigenvalue weighted by Gasteiger charge is 2.15. The number of benzene rings is 1. The average molecular weight is 242 g/mol. The summed E-state index contributed by atoms with van der Waals surface area (Å²) >= 11 is 5.64. The standard InChI is InChI=1S/C10H8ClNO4/c11-6-1-3-7(4-2-6)12-5-8(9(13)14)10(15)16/h1-5,12H,(H,13,14)(H,15,16). The van der Waals surface area contributed by atoms with E-state index in [9.17, 15) is 9.59 Å². The molecule has 0 amide bonds. The molecule has 5 nitrogen and oxygen atoms in total. The first kappa shape index (κ1) is 12.1. The number of nitrogens with one attached hydrogen (secondary N) is 1. The van der Waals surface area contributed by atoms with Gasteiger partial charge in [-0.25, -0.2) is 9.59 Å². The van der Waals surface area contributed by atoms with Crippen molar-refractivity contribution < 1.29 is 19.8 Å². The van der Waals surface area contributed by atoms with E-state index in [0.29, 0.717) is 10.7 Å². The molecule has 0 fully saturated rings. The lowest BCUT2D eigenvalue weighted by Gasteiger charge is -2.01. The van der Waals surface area contributed by atoms with Crippen LogP contribution >= 0.6 is 11.6 Å². The molecule has 1 rings (SSSR count). The Labute approximate surface area is 96.0 Å². The van der Waals surface area contributed by atoms with Crippen molar-refractivity contribution in [2.24, 2.45) is 0 Å². The maximum atomic E-state index is 10.5. The molecule has 0 aliphatic rings. The minimum absolute atomic E-state index is 0.534. The number of hydrogen-bond donors (Lipinski definition) is 3. The molecule has 0 bridgehead atoms. The van der Waals surface area contributed by atoms with Crippen LogP contribution in [0.2, 0.25) is 5.02 Å². The van der Waals surface area contributed by atoms with Gasteiger partial charge in [-0.1, -0.05) is 11.6 Å². The third-order valence-corrected chi connectivity index (χ3v) is 1.94. The van der Waals surface area contributed by atoms with E-state index in [4.69, 9.17) is 21.8 Å². The normalized spacial score (nSPS) is 9.31. The zero-order valence-corrected chi connectivity index (χ0v) is 8.73. The Balaban J connectivity index is 2.81. The van der Waals surface area contributed by atoms with Crippen LogP contribution in [-0.2, 0) is 9.59 Å². The first-order chi connectivity index (χ1) is 7.50. The van der Waals surface area contributed by atoms with E-state index in [0.717, 1.165) is 6.20 Å². The van der Waals surface area contributed by atoms with E-state index < -0.39 is 17.5 Å². The summed E-state index contributed by atoms with van der Waals surface area (Å²) in [7, 11) is 0. The Morgan fingerprint density at radius 2 is 1.62 bits per heavy atom. The van der Waals surface area contributed by atoms with E-state index in [1.165, 1.54) is 0 Å². The summed E-state index contributed by atoms with van der Waals surface area (Å²) in [5.41, 5.74) is -0.195. The van der Waals surface area contributed by atoms with Crippen molar-refractivity contribution in [2.45, 2.75) is 0 Å². The van der Waals surface area contributed by atoms with Crippen LogP contribution in [0.3, 0.4) is 0 Å². The third-order valence-electron chi connectivity index (χ3n) is 1.69. The fourth-order valence-corrected chi connectivity index (χ4v) is 1.04. The summed E-state index contributed by atoms with van der Waals surface area (Å²) in [4.78, 5) is 21.0. The second-order valence-corrected chi connectivity index (χ2v) is 3.26. The summed E-state index contributed by atoms with van der Waals surface area (Å²) in [6.07, 6.45) is 0.911. The Morgan fingerprint density at radius 3 is 2.06 bits per heavy atom. The molecule has 84 valence electrons. The molecule has 0 heterocycles. The van der Waals surface area contributed by atoms with Gasteiger partial charge in [0.15, 0.2) is 5.57 Å². The van der Waals surface area contributed by atoms with Crippen molar-refractivity contribution in [3.8, 4) is 0 Å². The molecule has 0 unspecified atom stereocenters. The molecule has 3 N–H and O–H groups in total. The van der Waals surface area contributed by atoms with Gasteiger partial charge in [0.05, 0.1) is 0 Å². The number of halogens is 1. The maximum Gasteiger partial charge on any atom is 0.344 e. The second-order valence-electron chi connectivity index (χ2n) is 2.82. The molecule has 0 aliphatic carbocycles. The SMILES string of the molecule is O=C(O)C(=CNc1ccc(Cl)cc1)C(=O)O. The second kappa shape index (κ2) is 5.18. The Morgan fingerprint density at radius 1 is 1.12 bits per heavy atom. The number of aliphatic carboxylic acids is 2. The van der Waals surface area contributed by atoms with Gasteiger partial charge < -0.3 is 15.5 Å². The molecule has 0 atom stereocenters. The van der Waals surface area contributed by atoms with Crippen molar-refractivity contribution in [1.29, 1.82) is 0 Å². The summed E-state index contributed by atoms with van der Waals surface area (Å²) < 4.78 is 0. The van der Waals surface area contributed by atoms with Crippen LogP contribution in [0.1, 0.15) is 0 Å². The van der Waals surface area contributed by atoms with Gasteiger partial charge >= 0.3 is 11.9 Å². The molecule has 0 aliphatic heterocycles. The molecular weight excluding hydrogens is 234 g/mol. The highest BCUT2D eigenvalue weighted by Crippen LogP contribution is 2.13. The minimum Gasteiger partial charge on any atom is -0.477 e. The van der Waals surface area contributed by atoms with Crippen LogP contribution in [0.4, 0.5) is 5.69 Å². The fourth-order valence-electron chi connectivity index (χ4n) is 0.917. The summed E-state index contributed by atoms with van der Waals surface area (Å²) in [6.45, 7) is 0. The number of carboxylic acids is 2. The highest BCUT2D eigenvalue weighted by atomic mass is 35.5. The smallest absolute Gasteiger partial charge is 0.344 e. The lowest BCUT2D eigenvalue weighted by atomic mass is 10.3. The van der Waals surface area contributed by atoms with Gasteiger partial charge in [0.2, 0.25) is 0 Å². The molecule has 1 aromatic carbocycles. The van der Waals surface area contributed by atoms with Gasteiger partial charge in [-0.05, 0) is 24.3 Å². The summed E-state index contributed by atoms with van der Waals surface area (Å²) in [6, 6.07) is 6.39. The van der Waals surface area contributed by atoms with Crippen LogP contribution < -0.4 is 5.32 Å². The first-order valence-corrected chi connectivity index (χ1v) is 4.57. The molecule has 6 heteroatoms. The van der Waals surface area contributed by atoms with E-state index in [1.54, 1.807) is 24.3 Å². The van der Waals surface area contributed by atoms with Crippen molar-refractivity contribution in [1.82, 2.24) is 0 Å². The van der Waals surface area contributed by atoms with Gasteiger partial charge in [-0.3, -0.25) is 0 Å². The van der Waals surface area contributed by atoms with Gasteiger partial charge in [0.1, 0.15) is 0 Å².